The Hall–Kier alpha value is -2.55. The van der Waals surface area contributed by atoms with E-state index in [-0.39, 0.29) is 11.9 Å². The second-order valence-corrected chi connectivity index (χ2v) is 7.08. The van der Waals surface area contributed by atoms with E-state index in [1.807, 2.05) is 36.4 Å². The van der Waals surface area contributed by atoms with Crippen LogP contribution in [0.3, 0.4) is 0 Å². The molecule has 0 radical (unpaired) electrons. The van der Waals surface area contributed by atoms with Crippen LogP contribution in [0.4, 0.5) is 5.69 Å². The van der Waals surface area contributed by atoms with Gasteiger partial charge in [-0.1, -0.05) is 66.9 Å². The van der Waals surface area contributed by atoms with E-state index in [0.717, 1.165) is 24.1 Å². The molecule has 1 aliphatic rings. The summed E-state index contributed by atoms with van der Waals surface area (Å²) in [6.45, 7) is 6.58. The van der Waals surface area contributed by atoms with E-state index in [4.69, 9.17) is 0 Å². The zero-order valence-electron chi connectivity index (χ0n) is 15.5. The fraction of sp³-hybridized carbons (Fsp3) is 0.348. The Morgan fingerprint density at radius 2 is 1.81 bits per heavy atom. The first-order valence-electron chi connectivity index (χ1n) is 9.48. The number of anilines is 1. The highest BCUT2D eigenvalue weighted by molar-refractivity contribution is 5.87. The standard InChI is InChI=1S/C23H28N2O/c1-3-17-25(21-11-5-4-6-12-21)22(19-15-13-18(2)14-16-19)23(26)24-20-9-7-8-10-20/h3-6,11-16,20,22H,1,7-10,17H2,2H3,(H,24,26)/t22-/m1/s1. The SMILES string of the molecule is C=CCN(c1ccccc1)[C@@H](C(=O)NC1CCCC1)c1ccc(C)cc1. The van der Waals surface area contributed by atoms with Crippen LogP contribution in [-0.4, -0.2) is 18.5 Å². The maximum atomic E-state index is 13.3. The summed E-state index contributed by atoms with van der Waals surface area (Å²) in [5.74, 6) is 0.0754. The van der Waals surface area contributed by atoms with Gasteiger partial charge in [-0.3, -0.25) is 4.79 Å². The third-order valence-electron chi connectivity index (χ3n) is 5.07. The van der Waals surface area contributed by atoms with Crippen LogP contribution in [0, 0.1) is 6.92 Å². The zero-order chi connectivity index (χ0) is 18.4. The lowest BCUT2D eigenvalue weighted by Gasteiger charge is -2.33. The highest BCUT2D eigenvalue weighted by atomic mass is 16.2. The number of aryl methyl sites for hydroxylation is 1. The Morgan fingerprint density at radius 1 is 1.15 bits per heavy atom. The molecule has 0 aromatic heterocycles. The quantitative estimate of drug-likeness (QED) is 0.730. The lowest BCUT2D eigenvalue weighted by Crippen LogP contribution is -2.44. The number of nitrogens with zero attached hydrogens (tertiary/aromatic N) is 1. The fourth-order valence-corrected chi connectivity index (χ4v) is 3.69. The first kappa shape index (κ1) is 18.2. The van der Waals surface area contributed by atoms with Gasteiger partial charge in [0.25, 0.3) is 0 Å². The fourth-order valence-electron chi connectivity index (χ4n) is 3.69. The number of hydrogen-bond donors (Lipinski definition) is 1. The molecule has 1 aliphatic carbocycles. The molecule has 1 fully saturated rings. The molecule has 0 bridgehead atoms. The van der Waals surface area contributed by atoms with E-state index < -0.39 is 0 Å². The van der Waals surface area contributed by atoms with E-state index in [1.54, 1.807) is 0 Å². The first-order valence-corrected chi connectivity index (χ1v) is 9.48. The van der Waals surface area contributed by atoms with Crippen molar-refractivity contribution in [2.75, 3.05) is 11.4 Å². The van der Waals surface area contributed by atoms with Gasteiger partial charge < -0.3 is 10.2 Å². The second-order valence-electron chi connectivity index (χ2n) is 7.08. The van der Waals surface area contributed by atoms with E-state index >= 15 is 0 Å². The number of carbonyl (C=O) groups excluding carboxylic acids is 1. The lowest BCUT2D eigenvalue weighted by atomic mass is 10.0. The lowest BCUT2D eigenvalue weighted by molar-refractivity contribution is -0.123. The van der Waals surface area contributed by atoms with Crippen molar-refractivity contribution < 1.29 is 4.79 Å². The summed E-state index contributed by atoms with van der Waals surface area (Å²) in [6.07, 6.45) is 6.43. The summed E-state index contributed by atoms with van der Waals surface area (Å²) < 4.78 is 0. The molecule has 1 N–H and O–H groups in total. The summed E-state index contributed by atoms with van der Waals surface area (Å²) in [5.41, 5.74) is 3.23. The van der Waals surface area contributed by atoms with Crippen molar-refractivity contribution in [1.29, 1.82) is 0 Å². The summed E-state index contributed by atoms with van der Waals surface area (Å²) in [6, 6.07) is 18.3. The highest BCUT2D eigenvalue weighted by Crippen LogP contribution is 2.29. The van der Waals surface area contributed by atoms with E-state index in [0.29, 0.717) is 12.6 Å². The number of nitrogens with one attached hydrogen (secondary N) is 1. The molecular weight excluding hydrogens is 320 g/mol. The van der Waals surface area contributed by atoms with Gasteiger partial charge in [0.2, 0.25) is 5.91 Å². The van der Waals surface area contributed by atoms with Gasteiger partial charge in [0.05, 0.1) is 0 Å². The van der Waals surface area contributed by atoms with E-state index in [9.17, 15) is 4.79 Å². The number of para-hydroxylation sites is 1. The third kappa shape index (κ3) is 4.34. The summed E-state index contributed by atoms with van der Waals surface area (Å²) in [7, 11) is 0. The van der Waals surface area contributed by atoms with Gasteiger partial charge in [-0.2, -0.15) is 0 Å². The molecule has 0 unspecified atom stereocenters. The van der Waals surface area contributed by atoms with Gasteiger partial charge >= 0.3 is 0 Å². The van der Waals surface area contributed by atoms with Crippen molar-refractivity contribution in [1.82, 2.24) is 5.32 Å². The smallest absolute Gasteiger partial charge is 0.247 e. The normalized spacial score (nSPS) is 15.4. The van der Waals surface area contributed by atoms with Crippen LogP contribution in [0.25, 0.3) is 0 Å². The number of benzene rings is 2. The van der Waals surface area contributed by atoms with Crippen LogP contribution in [0.15, 0.2) is 67.3 Å². The number of carbonyl (C=O) groups is 1. The van der Waals surface area contributed by atoms with Gasteiger partial charge in [-0.15, -0.1) is 6.58 Å². The van der Waals surface area contributed by atoms with Crippen molar-refractivity contribution in [3.63, 3.8) is 0 Å². The van der Waals surface area contributed by atoms with Crippen molar-refractivity contribution in [3.05, 3.63) is 78.4 Å². The molecule has 2 aromatic rings. The highest BCUT2D eigenvalue weighted by Gasteiger charge is 2.29. The Kier molecular flexibility index (Phi) is 6.11. The van der Waals surface area contributed by atoms with Crippen molar-refractivity contribution in [2.24, 2.45) is 0 Å². The van der Waals surface area contributed by atoms with Crippen LogP contribution in [0.1, 0.15) is 42.9 Å². The first-order chi connectivity index (χ1) is 12.7. The molecule has 26 heavy (non-hydrogen) atoms. The predicted octanol–water partition coefficient (Wildman–Crippen LogP) is 4.79. The molecule has 3 heteroatoms. The Morgan fingerprint density at radius 3 is 2.42 bits per heavy atom. The maximum absolute atomic E-state index is 13.3. The van der Waals surface area contributed by atoms with Crippen LogP contribution < -0.4 is 10.2 Å². The average molecular weight is 348 g/mol. The molecule has 0 saturated heterocycles. The largest absolute Gasteiger partial charge is 0.352 e. The van der Waals surface area contributed by atoms with Gasteiger partial charge in [0.15, 0.2) is 0 Å². The second kappa shape index (κ2) is 8.70. The number of amides is 1. The van der Waals surface area contributed by atoms with Crippen molar-refractivity contribution in [3.8, 4) is 0 Å². The maximum Gasteiger partial charge on any atom is 0.247 e. The molecule has 1 saturated carbocycles. The Balaban J connectivity index is 1.95. The predicted molar refractivity (Wildman–Crippen MR) is 108 cm³/mol. The van der Waals surface area contributed by atoms with Crippen molar-refractivity contribution >= 4 is 11.6 Å². The molecule has 0 aliphatic heterocycles. The van der Waals surface area contributed by atoms with Crippen LogP contribution in [0.5, 0.6) is 0 Å². The summed E-state index contributed by atoms with van der Waals surface area (Å²) in [5, 5.41) is 3.29. The van der Waals surface area contributed by atoms with E-state index in [2.05, 4.69) is 48.0 Å². The van der Waals surface area contributed by atoms with Gasteiger partial charge in [0, 0.05) is 18.3 Å². The zero-order valence-corrected chi connectivity index (χ0v) is 15.5. The van der Waals surface area contributed by atoms with E-state index in [1.165, 1.54) is 18.4 Å². The summed E-state index contributed by atoms with van der Waals surface area (Å²) in [4.78, 5) is 15.4. The third-order valence-corrected chi connectivity index (χ3v) is 5.07. The number of rotatable bonds is 7. The van der Waals surface area contributed by atoms with Crippen LogP contribution in [0.2, 0.25) is 0 Å². The van der Waals surface area contributed by atoms with Crippen LogP contribution >= 0.6 is 0 Å². The molecular formula is C23H28N2O. The minimum Gasteiger partial charge on any atom is -0.352 e. The minimum absolute atomic E-state index is 0.0754. The molecule has 1 atom stereocenters. The topological polar surface area (TPSA) is 32.3 Å². The molecule has 1 amide bonds. The van der Waals surface area contributed by atoms with Crippen LogP contribution in [-0.2, 0) is 4.79 Å². The molecule has 3 rings (SSSR count). The molecule has 0 spiro atoms. The van der Waals surface area contributed by atoms with Crippen molar-refractivity contribution in [2.45, 2.75) is 44.7 Å². The molecule has 0 heterocycles. The molecule has 136 valence electrons. The van der Waals surface area contributed by atoms with Gasteiger partial charge in [-0.05, 0) is 37.5 Å². The molecule has 2 aromatic carbocycles. The average Bonchev–Trinajstić information content (AvgIpc) is 3.16. The Bertz CT molecular complexity index is 718. The molecule has 3 nitrogen and oxygen atoms in total. The minimum atomic E-state index is -0.364. The van der Waals surface area contributed by atoms with Gasteiger partial charge in [-0.25, -0.2) is 0 Å². The Labute approximate surface area is 156 Å². The number of hydrogen-bond acceptors (Lipinski definition) is 2. The monoisotopic (exact) mass is 348 g/mol. The van der Waals surface area contributed by atoms with Gasteiger partial charge in [0.1, 0.15) is 6.04 Å². The summed E-state index contributed by atoms with van der Waals surface area (Å²) >= 11 is 0.